The number of urea groups is 1. The molecule has 10 nitrogen and oxygen atoms in total. The number of aliphatic hydroxyl groups excluding tert-OH is 1. The Morgan fingerprint density at radius 2 is 1.79 bits per heavy atom. The van der Waals surface area contributed by atoms with Crippen LogP contribution in [0.1, 0.15) is 42.6 Å². The number of para-hydroxylation sites is 1. The summed E-state index contributed by atoms with van der Waals surface area (Å²) >= 11 is 0. The topological polar surface area (TPSA) is 120 Å². The van der Waals surface area contributed by atoms with Gasteiger partial charge in [-0.2, -0.15) is 13.2 Å². The van der Waals surface area contributed by atoms with E-state index in [2.05, 4.69) is 10.6 Å². The lowest BCUT2D eigenvalue weighted by atomic mass is 9.98. The van der Waals surface area contributed by atoms with E-state index in [1.54, 1.807) is 30.0 Å². The first-order valence-corrected chi connectivity index (χ1v) is 14.2. The van der Waals surface area contributed by atoms with E-state index in [9.17, 15) is 32.7 Å². The van der Waals surface area contributed by atoms with Crippen LogP contribution in [-0.2, 0) is 15.7 Å². The molecular weight excluding hydrogens is 569 g/mol. The lowest BCUT2D eigenvalue weighted by molar-refractivity contribution is -0.137. The van der Waals surface area contributed by atoms with Gasteiger partial charge in [0.05, 0.1) is 36.0 Å². The number of benzene rings is 2. The minimum Gasteiger partial charge on any atom is -0.485 e. The highest BCUT2D eigenvalue weighted by Crippen LogP contribution is 2.36. The largest absolute Gasteiger partial charge is 0.485 e. The molecular formula is C30H37F3N4O6. The second-order valence-corrected chi connectivity index (χ2v) is 11.1. The molecule has 13 heteroatoms. The fourth-order valence-electron chi connectivity index (χ4n) is 5.07. The predicted molar refractivity (Wildman–Crippen MR) is 153 cm³/mol. The van der Waals surface area contributed by atoms with Gasteiger partial charge in [-0.1, -0.05) is 13.0 Å². The second kappa shape index (κ2) is 13.6. The molecule has 0 radical (unpaired) electrons. The van der Waals surface area contributed by atoms with Crippen LogP contribution in [0.4, 0.5) is 29.3 Å². The third-order valence-electron chi connectivity index (χ3n) is 7.81. The van der Waals surface area contributed by atoms with Crippen molar-refractivity contribution in [3.63, 3.8) is 0 Å². The highest BCUT2D eigenvalue weighted by Gasteiger charge is 2.36. The number of nitrogens with zero attached hydrogens (tertiary/aromatic N) is 2. The third kappa shape index (κ3) is 7.77. The van der Waals surface area contributed by atoms with Crippen LogP contribution in [0.2, 0.25) is 0 Å². The van der Waals surface area contributed by atoms with Crippen molar-refractivity contribution < 1.29 is 42.1 Å². The monoisotopic (exact) mass is 606 g/mol. The number of carbonyl (C=O) groups excluding carboxylic acids is 3. The first kappa shape index (κ1) is 32.1. The summed E-state index contributed by atoms with van der Waals surface area (Å²) in [5.74, 6) is -0.997. The molecule has 0 unspecified atom stereocenters. The molecule has 4 rings (SSSR count). The van der Waals surface area contributed by atoms with Crippen molar-refractivity contribution in [1.82, 2.24) is 9.80 Å². The van der Waals surface area contributed by atoms with Crippen molar-refractivity contribution in [1.29, 1.82) is 0 Å². The number of anilines is 2. The third-order valence-corrected chi connectivity index (χ3v) is 7.81. The van der Waals surface area contributed by atoms with Crippen LogP contribution in [0.25, 0.3) is 0 Å². The maximum absolute atomic E-state index is 13.7. The number of likely N-dealkylation sites (N-methyl/N-ethyl adjacent to an activating group) is 1. The predicted octanol–water partition coefficient (Wildman–Crippen LogP) is 4.45. The number of ether oxygens (including phenoxy) is 2. The molecule has 0 spiro atoms. The molecule has 1 fully saturated rings. The van der Waals surface area contributed by atoms with Gasteiger partial charge in [0.1, 0.15) is 6.10 Å². The van der Waals surface area contributed by atoms with Crippen molar-refractivity contribution >= 4 is 29.2 Å². The van der Waals surface area contributed by atoms with Crippen molar-refractivity contribution in [3.05, 3.63) is 53.6 Å². The minimum atomic E-state index is -4.49. The first-order chi connectivity index (χ1) is 20.4. The molecule has 0 aliphatic carbocycles. The van der Waals surface area contributed by atoms with Crippen molar-refractivity contribution in [2.45, 2.75) is 45.0 Å². The van der Waals surface area contributed by atoms with Gasteiger partial charge in [0.25, 0.3) is 5.91 Å². The summed E-state index contributed by atoms with van der Waals surface area (Å²) in [6.07, 6.45) is -4.01. The SMILES string of the molecule is C[C@H]1CN([C@@H](C)CO)C(=O)c2cccc(NC(=O)C3CCOCC3)c2O[C@@H]1CN(C)C(=O)Nc1ccc(C(F)(F)F)cc1. The van der Waals surface area contributed by atoms with E-state index >= 15 is 0 Å². The van der Waals surface area contributed by atoms with Gasteiger partial charge < -0.3 is 35.0 Å². The highest BCUT2D eigenvalue weighted by atomic mass is 19.4. The van der Waals surface area contributed by atoms with E-state index in [4.69, 9.17) is 9.47 Å². The van der Waals surface area contributed by atoms with Gasteiger partial charge in [-0.3, -0.25) is 9.59 Å². The van der Waals surface area contributed by atoms with E-state index in [1.807, 2.05) is 6.92 Å². The Balaban J connectivity index is 1.58. The number of carbonyl (C=O) groups is 3. The van der Waals surface area contributed by atoms with Gasteiger partial charge in [0.15, 0.2) is 5.75 Å². The maximum atomic E-state index is 13.7. The Hall–Kier alpha value is -3.84. The number of rotatable bonds is 7. The van der Waals surface area contributed by atoms with Gasteiger partial charge >= 0.3 is 12.2 Å². The Morgan fingerprint density at radius 1 is 1.12 bits per heavy atom. The Morgan fingerprint density at radius 3 is 2.42 bits per heavy atom. The van der Waals surface area contributed by atoms with Gasteiger partial charge in [0, 0.05) is 44.3 Å². The van der Waals surface area contributed by atoms with Crippen molar-refractivity contribution in [3.8, 4) is 5.75 Å². The second-order valence-electron chi connectivity index (χ2n) is 11.1. The molecule has 0 bridgehead atoms. The summed E-state index contributed by atoms with van der Waals surface area (Å²) in [6.45, 7) is 4.54. The quantitative estimate of drug-likeness (QED) is 0.428. The molecule has 1 saturated heterocycles. The summed E-state index contributed by atoms with van der Waals surface area (Å²) < 4.78 is 50.5. The Kier molecular flexibility index (Phi) is 10.2. The zero-order valence-corrected chi connectivity index (χ0v) is 24.3. The van der Waals surface area contributed by atoms with Gasteiger partial charge in [-0.25, -0.2) is 4.79 Å². The van der Waals surface area contributed by atoms with Crippen LogP contribution < -0.4 is 15.4 Å². The van der Waals surface area contributed by atoms with Crippen molar-refractivity contribution in [2.24, 2.45) is 11.8 Å². The molecule has 43 heavy (non-hydrogen) atoms. The molecule has 234 valence electrons. The van der Waals surface area contributed by atoms with Gasteiger partial charge in [0.2, 0.25) is 5.91 Å². The standard InChI is InChI=1S/C30H37F3N4O6/c1-18-15-37(19(2)17-38)28(40)23-5-4-6-24(35-27(39)20-11-13-42-14-12-20)26(23)43-25(18)16-36(3)29(41)34-22-9-7-21(8-10-22)30(31,32)33/h4-10,18-20,25,38H,11-17H2,1-3H3,(H,34,41)(H,35,39)/t18-,19-,25+/m0/s1. The summed E-state index contributed by atoms with van der Waals surface area (Å²) in [6, 6.07) is 7.91. The zero-order chi connectivity index (χ0) is 31.3. The zero-order valence-electron chi connectivity index (χ0n) is 24.3. The van der Waals surface area contributed by atoms with Crippen LogP contribution in [0.3, 0.4) is 0 Å². The summed E-state index contributed by atoms with van der Waals surface area (Å²) in [4.78, 5) is 42.6. The molecule has 3 N–H and O–H groups in total. The van der Waals surface area contributed by atoms with Gasteiger partial charge in [-0.15, -0.1) is 0 Å². The van der Waals surface area contributed by atoms with E-state index in [0.717, 1.165) is 12.1 Å². The van der Waals surface area contributed by atoms with Crippen LogP contribution in [-0.4, -0.2) is 84.9 Å². The van der Waals surface area contributed by atoms with Gasteiger partial charge in [-0.05, 0) is 56.2 Å². The summed E-state index contributed by atoms with van der Waals surface area (Å²) in [5, 5.41) is 15.4. The van der Waals surface area contributed by atoms with E-state index in [-0.39, 0.29) is 60.3 Å². The number of aliphatic hydroxyl groups is 1. The molecule has 4 amide bonds. The molecule has 2 heterocycles. The lowest BCUT2D eigenvalue weighted by Crippen LogP contribution is -2.50. The summed E-state index contributed by atoms with van der Waals surface area (Å²) in [5.41, 5.74) is -0.118. The Bertz CT molecular complexity index is 1300. The average molecular weight is 607 g/mol. The maximum Gasteiger partial charge on any atom is 0.416 e. The molecule has 0 aromatic heterocycles. The number of hydrogen-bond donors (Lipinski definition) is 3. The number of hydrogen-bond acceptors (Lipinski definition) is 6. The van der Waals surface area contributed by atoms with Crippen LogP contribution in [0, 0.1) is 11.8 Å². The highest BCUT2D eigenvalue weighted by molar-refractivity contribution is 6.02. The average Bonchev–Trinajstić information content (AvgIpc) is 2.99. The fraction of sp³-hybridized carbons (Fsp3) is 0.500. The normalized spacial score (nSPS) is 20.3. The van der Waals surface area contributed by atoms with Crippen LogP contribution >= 0.6 is 0 Å². The Labute approximate surface area is 248 Å². The van der Waals surface area contributed by atoms with Crippen molar-refractivity contribution in [2.75, 3.05) is 50.6 Å². The molecule has 2 aliphatic heterocycles. The smallest absolute Gasteiger partial charge is 0.416 e. The number of fused-ring (bicyclic) bond motifs is 1. The lowest BCUT2D eigenvalue weighted by Gasteiger charge is -2.38. The number of amides is 4. The summed E-state index contributed by atoms with van der Waals surface area (Å²) in [7, 11) is 1.52. The minimum absolute atomic E-state index is 0.0465. The number of alkyl halides is 3. The van der Waals surface area contributed by atoms with Crippen LogP contribution in [0.15, 0.2) is 42.5 Å². The molecule has 2 aromatic rings. The van der Waals surface area contributed by atoms with E-state index < -0.39 is 29.9 Å². The number of nitrogens with one attached hydrogen (secondary N) is 2. The molecule has 2 aliphatic rings. The number of halogens is 3. The van der Waals surface area contributed by atoms with Crippen LogP contribution in [0.5, 0.6) is 5.75 Å². The fourth-order valence-corrected chi connectivity index (χ4v) is 5.07. The van der Waals surface area contributed by atoms with E-state index in [0.29, 0.717) is 31.7 Å². The molecule has 3 atom stereocenters. The molecule has 0 saturated carbocycles. The first-order valence-electron chi connectivity index (χ1n) is 14.2. The van der Waals surface area contributed by atoms with E-state index in [1.165, 1.54) is 24.1 Å². The molecule has 2 aromatic carbocycles.